The van der Waals surface area contributed by atoms with Crippen molar-refractivity contribution in [3.05, 3.63) is 40.5 Å². The third kappa shape index (κ3) is 3.39. The van der Waals surface area contributed by atoms with E-state index in [0.717, 1.165) is 11.3 Å². The van der Waals surface area contributed by atoms with Crippen LogP contribution in [0.1, 0.15) is 31.9 Å². The fourth-order valence-electron chi connectivity index (χ4n) is 1.81. The Labute approximate surface area is 124 Å². The largest absolute Gasteiger partial charge is 0.439 e. The first-order valence-corrected chi connectivity index (χ1v) is 6.72. The van der Waals surface area contributed by atoms with E-state index in [4.69, 9.17) is 22.1 Å². The summed E-state index contributed by atoms with van der Waals surface area (Å²) in [6.07, 6.45) is 0. The monoisotopic (exact) mass is 291 g/mol. The second-order valence-electron chi connectivity index (χ2n) is 5.72. The Morgan fingerprint density at radius 2 is 1.85 bits per heavy atom. The first-order chi connectivity index (χ1) is 9.25. The summed E-state index contributed by atoms with van der Waals surface area (Å²) in [6.45, 7) is 8.52. The number of anilines is 1. The lowest BCUT2D eigenvalue weighted by Crippen LogP contribution is -2.11. The molecule has 20 heavy (non-hydrogen) atoms. The van der Waals surface area contributed by atoms with Crippen molar-refractivity contribution in [2.45, 2.75) is 33.1 Å². The highest BCUT2D eigenvalue weighted by atomic mass is 35.5. The molecule has 106 valence electrons. The van der Waals surface area contributed by atoms with Crippen molar-refractivity contribution in [3.63, 3.8) is 0 Å². The van der Waals surface area contributed by atoms with Gasteiger partial charge in [-0.1, -0.05) is 44.5 Å². The predicted molar refractivity (Wildman–Crippen MR) is 81.4 cm³/mol. The summed E-state index contributed by atoms with van der Waals surface area (Å²) in [6, 6.07) is 7.63. The second kappa shape index (κ2) is 5.29. The number of nitrogen functional groups attached to an aromatic ring is 1. The molecule has 0 aliphatic heterocycles. The van der Waals surface area contributed by atoms with Gasteiger partial charge in [0.15, 0.2) is 0 Å². The summed E-state index contributed by atoms with van der Waals surface area (Å²) in [5.41, 5.74) is 7.93. The molecule has 0 aliphatic carbocycles. The molecule has 0 spiro atoms. The van der Waals surface area contributed by atoms with E-state index in [-0.39, 0.29) is 16.5 Å². The van der Waals surface area contributed by atoms with Gasteiger partial charge in [-0.25, -0.2) is 4.98 Å². The molecular formula is C15H18ClN3O. The molecule has 2 rings (SSSR count). The third-order valence-electron chi connectivity index (χ3n) is 2.94. The van der Waals surface area contributed by atoms with Gasteiger partial charge in [-0.15, -0.1) is 0 Å². The molecule has 0 fully saturated rings. The maximum absolute atomic E-state index is 5.83. The highest BCUT2D eigenvalue weighted by molar-refractivity contribution is 6.29. The Kier molecular flexibility index (Phi) is 3.86. The van der Waals surface area contributed by atoms with Gasteiger partial charge < -0.3 is 10.5 Å². The quantitative estimate of drug-likeness (QED) is 0.846. The van der Waals surface area contributed by atoms with Crippen LogP contribution in [-0.2, 0) is 5.41 Å². The maximum atomic E-state index is 5.83. The van der Waals surface area contributed by atoms with Crippen molar-refractivity contribution in [1.82, 2.24) is 9.97 Å². The van der Waals surface area contributed by atoms with Crippen LogP contribution in [0, 0.1) is 6.92 Å². The first kappa shape index (κ1) is 14.6. The van der Waals surface area contributed by atoms with Crippen LogP contribution in [-0.4, -0.2) is 9.97 Å². The van der Waals surface area contributed by atoms with Crippen molar-refractivity contribution >= 4 is 17.5 Å². The molecule has 0 amide bonds. The third-order valence-corrected chi connectivity index (χ3v) is 3.14. The number of aryl methyl sites for hydroxylation is 1. The SMILES string of the molecule is Cc1cc(C(C)(C)C)ccc1Oc1cc(Cl)nc(N)n1. The maximum Gasteiger partial charge on any atom is 0.225 e. The summed E-state index contributed by atoms with van der Waals surface area (Å²) in [7, 11) is 0. The lowest BCUT2D eigenvalue weighted by Gasteiger charge is -2.20. The molecule has 0 unspecified atom stereocenters. The average Bonchev–Trinajstić information content (AvgIpc) is 2.29. The summed E-state index contributed by atoms with van der Waals surface area (Å²) in [4.78, 5) is 7.80. The summed E-state index contributed by atoms with van der Waals surface area (Å²) < 4.78 is 5.72. The number of hydrogen-bond acceptors (Lipinski definition) is 4. The zero-order valence-electron chi connectivity index (χ0n) is 12.1. The van der Waals surface area contributed by atoms with Crippen LogP contribution >= 0.6 is 11.6 Å². The van der Waals surface area contributed by atoms with E-state index in [0.29, 0.717) is 5.88 Å². The van der Waals surface area contributed by atoms with Crippen LogP contribution in [0.25, 0.3) is 0 Å². The molecule has 1 aromatic heterocycles. The minimum absolute atomic E-state index is 0.0939. The number of nitrogens with two attached hydrogens (primary N) is 1. The fraction of sp³-hybridized carbons (Fsp3) is 0.333. The molecule has 2 aromatic rings. The lowest BCUT2D eigenvalue weighted by molar-refractivity contribution is 0.458. The molecule has 0 bridgehead atoms. The van der Waals surface area contributed by atoms with Crippen LogP contribution in [0.4, 0.5) is 5.95 Å². The van der Waals surface area contributed by atoms with Crippen molar-refractivity contribution in [3.8, 4) is 11.6 Å². The van der Waals surface area contributed by atoms with Gasteiger partial charge in [0, 0.05) is 6.07 Å². The Morgan fingerprint density at radius 3 is 2.40 bits per heavy atom. The molecule has 5 heteroatoms. The topological polar surface area (TPSA) is 61.0 Å². The van der Waals surface area contributed by atoms with E-state index in [1.54, 1.807) is 0 Å². The van der Waals surface area contributed by atoms with Gasteiger partial charge in [0.1, 0.15) is 10.9 Å². The Balaban J connectivity index is 2.30. The lowest BCUT2D eigenvalue weighted by atomic mass is 9.86. The smallest absolute Gasteiger partial charge is 0.225 e. The summed E-state index contributed by atoms with van der Waals surface area (Å²) in [5, 5.41) is 0.261. The highest BCUT2D eigenvalue weighted by Gasteiger charge is 2.15. The second-order valence-corrected chi connectivity index (χ2v) is 6.11. The number of nitrogens with zero attached hydrogens (tertiary/aromatic N) is 2. The molecule has 4 nitrogen and oxygen atoms in total. The van der Waals surface area contributed by atoms with E-state index >= 15 is 0 Å². The van der Waals surface area contributed by atoms with Crippen LogP contribution in [0.15, 0.2) is 24.3 Å². The van der Waals surface area contributed by atoms with Gasteiger partial charge in [0.05, 0.1) is 0 Å². The zero-order chi connectivity index (χ0) is 14.9. The van der Waals surface area contributed by atoms with E-state index in [1.807, 2.05) is 13.0 Å². The van der Waals surface area contributed by atoms with E-state index in [2.05, 4.69) is 42.9 Å². The van der Waals surface area contributed by atoms with Crippen molar-refractivity contribution < 1.29 is 4.74 Å². The van der Waals surface area contributed by atoms with Gasteiger partial charge in [0.25, 0.3) is 0 Å². The summed E-state index contributed by atoms with van der Waals surface area (Å²) in [5.74, 6) is 1.16. The first-order valence-electron chi connectivity index (χ1n) is 6.35. The van der Waals surface area contributed by atoms with Gasteiger partial charge in [0.2, 0.25) is 11.8 Å². The normalized spacial score (nSPS) is 11.4. The Morgan fingerprint density at radius 1 is 1.15 bits per heavy atom. The van der Waals surface area contributed by atoms with Gasteiger partial charge >= 0.3 is 0 Å². The molecule has 0 saturated heterocycles. The standard InChI is InChI=1S/C15H18ClN3O/c1-9-7-10(15(2,3)4)5-6-11(9)20-13-8-12(16)18-14(17)19-13/h5-8H,1-4H3,(H2,17,18,19). The highest BCUT2D eigenvalue weighted by Crippen LogP contribution is 2.30. The summed E-state index contributed by atoms with van der Waals surface area (Å²) >= 11 is 5.83. The van der Waals surface area contributed by atoms with E-state index in [1.165, 1.54) is 11.6 Å². The fourth-order valence-corrected chi connectivity index (χ4v) is 1.99. The Bertz CT molecular complexity index is 615. The number of ether oxygens (including phenoxy) is 1. The van der Waals surface area contributed by atoms with Crippen LogP contribution in [0.3, 0.4) is 0 Å². The predicted octanol–water partition coefficient (Wildman–Crippen LogP) is 4.11. The van der Waals surface area contributed by atoms with E-state index in [9.17, 15) is 0 Å². The van der Waals surface area contributed by atoms with Crippen LogP contribution < -0.4 is 10.5 Å². The molecule has 0 aliphatic rings. The number of halogens is 1. The van der Waals surface area contributed by atoms with Crippen molar-refractivity contribution in [1.29, 1.82) is 0 Å². The number of rotatable bonds is 2. The molecule has 2 N–H and O–H groups in total. The number of aromatic nitrogens is 2. The molecule has 1 heterocycles. The van der Waals surface area contributed by atoms with Crippen molar-refractivity contribution in [2.75, 3.05) is 5.73 Å². The van der Waals surface area contributed by atoms with Crippen LogP contribution in [0.2, 0.25) is 5.15 Å². The van der Waals surface area contributed by atoms with Crippen LogP contribution in [0.5, 0.6) is 11.6 Å². The molecule has 0 saturated carbocycles. The minimum Gasteiger partial charge on any atom is -0.439 e. The molecule has 0 atom stereocenters. The van der Waals surface area contributed by atoms with Gasteiger partial charge in [-0.3, -0.25) is 0 Å². The number of benzene rings is 1. The molecule has 1 aromatic carbocycles. The zero-order valence-corrected chi connectivity index (χ0v) is 12.8. The molecule has 0 radical (unpaired) electrons. The van der Waals surface area contributed by atoms with Gasteiger partial charge in [-0.05, 0) is 29.5 Å². The number of hydrogen-bond donors (Lipinski definition) is 1. The minimum atomic E-state index is 0.0939. The average molecular weight is 292 g/mol. The van der Waals surface area contributed by atoms with E-state index < -0.39 is 0 Å². The molecular weight excluding hydrogens is 274 g/mol. The Hall–Kier alpha value is -1.81. The van der Waals surface area contributed by atoms with Gasteiger partial charge in [-0.2, -0.15) is 4.98 Å². The van der Waals surface area contributed by atoms with Crippen molar-refractivity contribution in [2.24, 2.45) is 0 Å².